The molecule has 5 rings (SSSR count). The van der Waals surface area contributed by atoms with Crippen molar-refractivity contribution >= 4 is 28.0 Å². The van der Waals surface area contributed by atoms with Crippen molar-refractivity contribution in [3.05, 3.63) is 77.2 Å². The van der Waals surface area contributed by atoms with Gasteiger partial charge in [-0.05, 0) is 23.8 Å². The average Bonchev–Trinajstić information content (AvgIpc) is 3.18. The molecule has 3 aromatic heterocycles. The van der Waals surface area contributed by atoms with Gasteiger partial charge in [0, 0.05) is 0 Å². The molecular formula is C22H17N5O3. The van der Waals surface area contributed by atoms with E-state index in [2.05, 4.69) is 15.0 Å². The lowest BCUT2D eigenvalue weighted by molar-refractivity contribution is 0.415. The smallest absolute Gasteiger partial charge is 0.200 e. The number of hydrogen-bond acceptors (Lipinski definition) is 7. The minimum absolute atomic E-state index is 0.130. The standard InChI is InChI=1S/C22H17N5O3/c1-29-14-7-8-16-15(9-14)20(28)18(13-5-3-2-4-6-13)17(30-16)10-27-12-26-19-21(23)24-11-25-22(19)27/h2-9,11-12H,10H2,1H3,(H2,23,24,25). The highest BCUT2D eigenvalue weighted by atomic mass is 16.5. The molecule has 2 aromatic carbocycles. The van der Waals surface area contributed by atoms with Crippen molar-refractivity contribution in [2.75, 3.05) is 12.8 Å². The van der Waals surface area contributed by atoms with Gasteiger partial charge in [-0.15, -0.1) is 0 Å². The highest BCUT2D eigenvalue weighted by molar-refractivity contribution is 5.84. The number of imidazole rings is 1. The van der Waals surface area contributed by atoms with Crippen molar-refractivity contribution in [1.82, 2.24) is 19.5 Å². The Labute approximate surface area is 170 Å². The van der Waals surface area contributed by atoms with E-state index in [1.807, 2.05) is 30.3 Å². The molecule has 0 radical (unpaired) electrons. The Morgan fingerprint density at radius 2 is 1.93 bits per heavy atom. The van der Waals surface area contributed by atoms with E-state index in [1.165, 1.54) is 6.33 Å². The van der Waals surface area contributed by atoms with Crippen LogP contribution in [0.15, 0.2) is 70.4 Å². The summed E-state index contributed by atoms with van der Waals surface area (Å²) in [6.45, 7) is 0.258. The number of fused-ring (bicyclic) bond motifs is 2. The van der Waals surface area contributed by atoms with Gasteiger partial charge in [0.1, 0.15) is 28.9 Å². The number of anilines is 1. The third kappa shape index (κ3) is 2.86. The molecule has 0 saturated heterocycles. The lowest BCUT2D eigenvalue weighted by atomic mass is 10.0. The minimum atomic E-state index is -0.130. The number of benzene rings is 2. The highest BCUT2D eigenvalue weighted by Crippen LogP contribution is 2.28. The van der Waals surface area contributed by atoms with E-state index in [0.29, 0.717) is 45.0 Å². The molecule has 0 saturated carbocycles. The summed E-state index contributed by atoms with van der Waals surface area (Å²) in [6.07, 6.45) is 3.00. The van der Waals surface area contributed by atoms with Crippen LogP contribution in [0.25, 0.3) is 33.3 Å². The lowest BCUT2D eigenvalue weighted by Crippen LogP contribution is -2.12. The third-order valence-electron chi connectivity index (χ3n) is 4.98. The van der Waals surface area contributed by atoms with Crippen LogP contribution in [0, 0.1) is 0 Å². The fraction of sp³-hybridized carbons (Fsp3) is 0.0909. The van der Waals surface area contributed by atoms with Gasteiger partial charge in [-0.1, -0.05) is 30.3 Å². The van der Waals surface area contributed by atoms with E-state index in [1.54, 1.807) is 36.2 Å². The van der Waals surface area contributed by atoms with Crippen LogP contribution in [0.1, 0.15) is 5.76 Å². The number of methoxy groups -OCH3 is 1. The molecule has 2 N–H and O–H groups in total. The molecular weight excluding hydrogens is 382 g/mol. The van der Waals surface area contributed by atoms with Crippen molar-refractivity contribution in [3.63, 3.8) is 0 Å². The quantitative estimate of drug-likeness (QED) is 0.494. The molecule has 148 valence electrons. The molecule has 30 heavy (non-hydrogen) atoms. The minimum Gasteiger partial charge on any atom is -0.497 e. The van der Waals surface area contributed by atoms with Crippen molar-refractivity contribution < 1.29 is 9.15 Å². The van der Waals surface area contributed by atoms with Gasteiger partial charge >= 0.3 is 0 Å². The van der Waals surface area contributed by atoms with E-state index < -0.39 is 0 Å². The van der Waals surface area contributed by atoms with Crippen LogP contribution < -0.4 is 15.9 Å². The first-order valence-corrected chi connectivity index (χ1v) is 9.26. The van der Waals surface area contributed by atoms with Crippen LogP contribution in [-0.2, 0) is 6.54 Å². The SMILES string of the molecule is COc1ccc2oc(Cn3cnc4c(N)ncnc43)c(-c3ccccc3)c(=O)c2c1. The Balaban J connectivity index is 1.76. The highest BCUT2D eigenvalue weighted by Gasteiger charge is 2.19. The van der Waals surface area contributed by atoms with Crippen LogP contribution in [0.4, 0.5) is 5.82 Å². The van der Waals surface area contributed by atoms with Gasteiger partial charge in [0.25, 0.3) is 0 Å². The zero-order valence-corrected chi connectivity index (χ0v) is 16.1. The van der Waals surface area contributed by atoms with Crippen LogP contribution in [0.2, 0.25) is 0 Å². The molecule has 3 heterocycles. The van der Waals surface area contributed by atoms with Gasteiger partial charge in [-0.25, -0.2) is 15.0 Å². The summed E-state index contributed by atoms with van der Waals surface area (Å²) in [6, 6.07) is 14.6. The van der Waals surface area contributed by atoms with Crippen molar-refractivity contribution in [1.29, 1.82) is 0 Å². The molecule has 0 bridgehead atoms. The number of nitrogen functional groups attached to an aromatic ring is 1. The Hall–Kier alpha value is -4.20. The van der Waals surface area contributed by atoms with Gasteiger partial charge in [0.15, 0.2) is 11.5 Å². The first-order valence-electron chi connectivity index (χ1n) is 9.26. The number of hydrogen-bond donors (Lipinski definition) is 1. The average molecular weight is 399 g/mol. The predicted octanol–water partition coefficient (Wildman–Crippen LogP) is 3.24. The number of rotatable bonds is 4. The van der Waals surface area contributed by atoms with Crippen LogP contribution in [-0.4, -0.2) is 26.6 Å². The maximum absolute atomic E-state index is 13.5. The van der Waals surface area contributed by atoms with Crippen molar-refractivity contribution in [3.8, 4) is 16.9 Å². The number of ether oxygens (including phenoxy) is 1. The zero-order chi connectivity index (χ0) is 20.7. The summed E-state index contributed by atoms with van der Waals surface area (Å²) in [5.41, 5.74) is 8.58. The van der Waals surface area contributed by atoms with Gasteiger partial charge in [0.05, 0.1) is 30.9 Å². The molecule has 5 aromatic rings. The Bertz CT molecular complexity index is 1440. The second kappa shape index (κ2) is 7.00. The number of nitrogens with two attached hydrogens (primary N) is 1. The number of aromatic nitrogens is 4. The predicted molar refractivity (Wildman–Crippen MR) is 113 cm³/mol. The second-order valence-electron chi connectivity index (χ2n) is 6.76. The fourth-order valence-electron chi connectivity index (χ4n) is 3.52. The summed E-state index contributed by atoms with van der Waals surface area (Å²) < 4.78 is 13.3. The third-order valence-corrected chi connectivity index (χ3v) is 4.98. The van der Waals surface area contributed by atoms with Gasteiger partial charge in [-0.2, -0.15) is 0 Å². The summed E-state index contributed by atoms with van der Waals surface area (Å²) in [5, 5.41) is 0.457. The molecule has 0 aliphatic heterocycles. The molecule has 0 fully saturated rings. The Morgan fingerprint density at radius 1 is 1.10 bits per heavy atom. The second-order valence-corrected chi connectivity index (χ2v) is 6.76. The first-order chi connectivity index (χ1) is 14.7. The van der Waals surface area contributed by atoms with Crippen LogP contribution >= 0.6 is 0 Å². The van der Waals surface area contributed by atoms with E-state index in [9.17, 15) is 4.79 Å². The lowest BCUT2D eigenvalue weighted by Gasteiger charge is -2.12. The summed E-state index contributed by atoms with van der Waals surface area (Å²) in [4.78, 5) is 26.0. The molecule has 0 atom stereocenters. The summed E-state index contributed by atoms with van der Waals surface area (Å²) in [5.74, 6) is 1.39. The molecule has 8 heteroatoms. The van der Waals surface area contributed by atoms with E-state index >= 15 is 0 Å². The Morgan fingerprint density at radius 3 is 2.73 bits per heavy atom. The van der Waals surface area contributed by atoms with Gasteiger partial charge in [-0.3, -0.25) is 4.79 Å². The van der Waals surface area contributed by atoms with Crippen molar-refractivity contribution in [2.24, 2.45) is 0 Å². The first kappa shape index (κ1) is 17.9. The molecule has 0 amide bonds. The maximum Gasteiger partial charge on any atom is 0.200 e. The molecule has 8 nitrogen and oxygen atoms in total. The maximum atomic E-state index is 13.5. The van der Waals surface area contributed by atoms with E-state index in [0.717, 1.165) is 5.56 Å². The molecule has 0 unspecified atom stereocenters. The molecule has 0 aliphatic carbocycles. The summed E-state index contributed by atoms with van der Waals surface area (Å²) >= 11 is 0. The van der Waals surface area contributed by atoms with Gasteiger partial charge in [0.2, 0.25) is 5.43 Å². The van der Waals surface area contributed by atoms with E-state index in [4.69, 9.17) is 14.9 Å². The fourth-order valence-corrected chi connectivity index (χ4v) is 3.52. The van der Waals surface area contributed by atoms with E-state index in [-0.39, 0.29) is 12.0 Å². The molecule has 0 aliphatic rings. The Kier molecular flexibility index (Phi) is 4.17. The topological polar surface area (TPSA) is 109 Å². The largest absolute Gasteiger partial charge is 0.497 e. The monoisotopic (exact) mass is 399 g/mol. The molecule has 0 spiro atoms. The summed E-state index contributed by atoms with van der Waals surface area (Å²) in [7, 11) is 1.56. The van der Waals surface area contributed by atoms with Crippen LogP contribution in [0.5, 0.6) is 5.75 Å². The van der Waals surface area contributed by atoms with Gasteiger partial charge < -0.3 is 19.5 Å². The normalized spacial score (nSPS) is 11.2. The number of nitrogens with zero attached hydrogens (tertiary/aromatic N) is 4. The zero-order valence-electron chi connectivity index (χ0n) is 16.1. The van der Waals surface area contributed by atoms with Crippen LogP contribution in [0.3, 0.4) is 0 Å². The van der Waals surface area contributed by atoms with Crippen molar-refractivity contribution in [2.45, 2.75) is 6.54 Å².